The van der Waals surface area contributed by atoms with E-state index in [0.29, 0.717) is 5.92 Å². The van der Waals surface area contributed by atoms with Crippen LogP contribution in [-0.2, 0) is 11.8 Å². The average molecular weight is 406 g/mol. The topological polar surface area (TPSA) is 36.0 Å². The molecule has 1 unspecified atom stereocenters. The van der Waals surface area contributed by atoms with Crippen LogP contribution < -0.4 is 0 Å². The molecule has 1 heterocycles. The van der Waals surface area contributed by atoms with Crippen LogP contribution in [-0.4, -0.2) is 16.2 Å². The number of benzene rings is 1. The second kappa shape index (κ2) is 6.73. The first-order valence-electron chi connectivity index (χ1n) is 12.1. The van der Waals surface area contributed by atoms with Gasteiger partial charge in [-0.1, -0.05) is 50.6 Å². The van der Waals surface area contributed by atoms with Gasteiger partial charge in [0.25, 0.3) is 0 Å². The van der Waals surface area contributed by atoms with Gasteiger partial charge in [-0.2, -0.15) is 0 Å². The number of H-pyrrole nitrogens is 1. The summed E-state index contributed by atoms with van der Waals surface area (Å²) in [7, 11) is 0. The number of allylic oxidation sites excluding steroid dienone is 2. The third kappa shape index (κ3) is 2.52. The van der Waals surface area contributed by atoms with Crippen molar-refractivity contribution in [2.75, 3.05) is 0 Å². The molecule has 2 nitrogen and oxygen atoms in total. The zero-order chi connectivity index (χ0) is 21.3. The first-order valence-corrected chi connectivity index (χ1v) is 12.1. The van der Waals surface area contributed by atoms with Gasteiger partial charge >= 0.3 is 0 Å². The van der Waals surface area contributed by atoms with E-state index in [1.54, 1.807) is 5.56 Å². The molecule has 6 atom stereocenters. The molecule has 0 spiro atoms. The highest BCUT2D eigenvalue weighted by Crippen LogP contribution is 2.70. The SMILES string of the molecule is CC(C)=CCC[C@@]1(C)C2CC[C@H]3Cc4c([nH]c5ccccc45)[C@]3(C)[C@@]2(C)CC[C@@H]1O. The van der Waals surface area contributed by atoms with E-state index in [-0.39, 0.29) is 22.3 Å². The Labute approximate surface area is 182 Å². The predicted octanol–water partition coefficient (Wildman–Crippen LogP) is 6.92. The van der Waals surface area contributed by atoms with E-state index in [1.807, 2.05) is 0 Å². The summed E-state index contributed by atoms with van der Waals surface area (Å²) in [6, 6.07) is 8.88. The number of aliphatic hydroxyl groups excluding tert-OH is 1. The lowest BCUT2D eigenvalue weighted by molar-refractivity contribution is -0.166. The number of aromatic amines is 1. The van der Waals surface area contributed by atoms with Crippen LogP contribution in [0.1, 0.15) is 84.4 Å². The van der Waals surface area contributed by atoms with Crippen molar-refractivity contribution in [1.82, 2.24) is 4.98 Å². The number of para-hydroxylation sites is 1. The van der Waals surface area contributed by atoms with E-state index in [0.717, 1.165) is 31.6 Å². The van der Waals surface area contributed by atoms with E-state index in [2.05, 4.69) is 69.9 Å². The molecule has 2 heteroatoms. The van der Waals surface area contributed by atoms with E-state index in [1.165, 1.54) is 41.4 Å². The molecule has 30 heavy (non-hydrogen) atoms. The zero-order valence-electron chi connectivity index (χ0n) is 19.5. The van der Waals surface area contributed by atoms with Gasteiger partial charge in [-0.05, 0) is 93.1 Å². The quantitative estimate of drug-likeness (QED) is 0.534. The summed E-state index contributed by atoms with van der Waals surface area (Å²) in [5.41, 5.74) is 6.18. The van der Waals surface area contributed by atoms with Gasteiger partial charge in [-0.3, -0.25) is 0 Å². The molecule has 0 radical (unpaired) electrons. The Hall–Kier alpha value is -1.54. The minimum absolute atomic E-state index is 0.00169. The van der Waals surface area contributed by atoms with Crippen LogP contribution in [0.3, 0.4) is 0 Å². The monoisotopic (exact) mass is 405 g/mol. The first-order chi connectivity index (χ1) is 14.2. The fourth-order valence-electron chi connectivity index (χ4n) is 8.20. The Morgan fingerprint density at radius 2 is 1.90 bits per heavy atom. The lowest BCUT2D eigenvalue weighted by Crippen LogP contribution is -2.62. The molecule has 0 amide bonds. The van der Waals surface area contributed by atoms with Gasteiger partial charge in [0.15, 0.2) is 0 Å². The normalized spacial score (nSPS) is 40.0. The molecule has 2 saturated carbocycles. The Kier molecular flexibility index (Phi) is 4.57. The lowest BCUT2D eigenvalue weighted by atomic mass is 9.40. The third-order valence-corrected chi connectivity index (χ3v) is 10.1. The Morgan fingerprint density at radius 1 is 1.13 bits per heavy atom. The average Bonchev–Trinajstić information content (AvgIpc) is 3.21. The molecule has 3 aliphatic carbocycles. The summed E-state index contributed by atoms with van der Waals surface area (Å²) in [6.07, 6.45) is 10.2. The molecular formula is C28H39NO. The van der Waals surface area contributed by atoms with E-state index in [4.69, 9.17) is 0 Å². The number of aromatic nitrogens is 1. The Morgan fingerprint density at radius 3 is 2.67 bits per heavy atom. The first kappa shape index (κ1) is 20.4. The maximum Gasteiger partial charge on any atom is 0.0597 e. The maximum absolute atomic E-state index is 11.3. The number of hydrogen-bond donors (Lipinski definition) is 2. The second-order valence-electron chi connectivity index (χ2n) is 11.6. The molecule has 2 fully saturated rings. The summed E-state index contributed by atoms with van der Waals surface area (Å²) in [4.78, 5) is 3.90. The molecule has 0 aliphatic heterocycles. The highest BCUT2D eigenvalue weighted by atomic mass is 16.3. The Balaban J connectivity index is 1.59. The molecule has 1 aromatic heterocycles. The van der Waals surface area contributed by atoms with E-state index >= 15 is 0 Å². The number of aliphatic hydroxyl groups is 1. The van der Waals surface area contributed by atoms with Crippen molar-refractivity contribution >= 4 is 10.9 Å². The summed E-state index contributed by atoms with van der Waals surface area (Å²) in [5.74, 6) is 1.29. The number of hydrogen-bond acceptors (Lipinski definition) is 1. The highest BCUT2D eigenvalue weighted by Gasteiger charge is 2.66. The zero-order valence-corrected chi connectivity index (χ0v) is 19.5. The van der Waals surface area contributed by atoms with Crippen LogP contribution in [0.5, 0.6) is 0 Å². The van der Waals surface area contributed by atoms with Crippen LogP contribution in [0.25, 0.3) is 10.9 Å². The molecule has 3 aliphatic rings. The molecule has 2 aromatic rings. The van der Waals surface area contributed by atoms with Crippen LogP contribution in [0, 0.1) is 22.7 Å². The van der Waals surface area contributed by atoms with Gasteiger partial charge in [-0.25, -0.2) is 0 Å². The summed E-state index contributed by atoms with van der Waals surface area (Å²) < 4.78 is 0. The largest absolute Gasteiger partial charge is 0.393 e. The van der Waals surface area contributed by atoms with Gasteiger partial charge < -0.3 is 10.1 Å². The van der Waals surface area contributed by atoms with Crippen molar-refractivity contribution in [2.45, 2.75) is 91.1 Å². The summed E-state index contributed by atoms with van der Waals surface area (Å²) in [6.45, 7) is 11.9. The van der Waals surface area contributed by atoms with Crippen LogP contribution in [0.4, 0.5) is 0 Å². The number of fused-ring (bicyclic) bond motifs is 7. The third-order valence-electron chi connectivity index (χ3n) is 10.1. The molecule has 2 N–H and O–H groups in total. The van der Waals surface area contributed by atoms with Gasteiger partial charge in [0.2, 0.25) is 0 Å². The second-order valence-corrected chi connectivity index (χ2v) is 11.6. The van der Waals surface area contributed by atoms with Crippen LogP contribution >= 0.6 is 0 Å². The predicted molar refractivity (Wildman–Crippen MR) is 126 cm³/mol. The van der Waals surface area contributed by atoms with Crippen LogP contribution in [0.15, 0.2) is 35.9 Å². The van der Waals surface area contributed by atoms with Crippen LogP contribution in [0.2, 0.25) is 0 Å². The van der Waals surface area contributed by atoms with Crippen molar-refractivity contribution in [3.8, 4) is 0 Å². The fraction of sp³-hybridized carbons (Fsp3) is 0.643. The minimum atomic E-state index is -0.176. The van der Waals surface area contributed by atoms with Crippen molar-refractivity contribution in [1.29, 1.82) is 0 Å². The standard InChI is InChI=1S/C28H39NO/c1-18(2)9-8-15-26(3)23-13-12-19-17-21-20-10-6-7-11-22(20)29-25(21)28(19,5)27(23,4)16-14-24(26)30/h6-7,9-11,19,23-24,29-30H,8,12-17H2,1-5H3/t19-,23?,24-,26-,27-,28+/m0/s1. The molecule has 0 saturated heterocycles. The molecule has 162 valence electrons. The van der Waals surface area contributed by atoms with Gasteiger partial charge in [0, 0.05) is 22.0 Å². The summed E-state index contributed by atoms with van der Waals surface area (Å²) >= 11 is 0. The van der Waals surface area contributed by atoms with Crippen molar-refractivity contribution in [3.05, 3.63) is 47.2 Å². The number of nitrogens with one attached hydrogen (secondary N) is 1. The van der Waals surface area contributed by atoms with E-state index < -0.39 is 0 Å². The molecule has 5 rings (SSSR count). The van der Waals surface area contributed by atoms with E-state index in [9.17, 15) is 5.11 Å². The van der Waals surface area contributed by atoms with Crippen molar-refractivity contribution in [2.24, 2.45) is 22.7 Å². The lowest BCUT2D eigenvalue weighted by Gasteiger charge is -2.65. The number of rotatable bonds is 3. The molecular weight excluding hydrogens is 366 g/mol. The van der Waals surface area contributed by atoms with Crippen molar-refractivity contribution in [3.63, 3.8) is 0 Å². The summed E-state index contributed by atoms with van der Waals surface area (Å²) in [5, 5.41) is 12.7. The highest BCUT2D eigenvalue weighted by molar-refractivity contribution is 5.86. The van der Waals surface area contributed by atoms with Gasteiger partial charge in [-0.15, -0.1) is 0 Å². The molecule has 1 aromatic carbocycles. The van der Waals surface area contributed by atoms with Gasteiger partial charge in [0.05, 0.1) is 6.10 Å². The fourth-order valence-corrected chi connectivity index (χ4v) is 8.20. The molecule has 0 bridgehead atoms. The van der Waals surface area contributed by atoms with Gasteiger partial charge in [0.1, 0.15) is 0 Å². The smallest absolute Gasteiger partial charge is 0.0597 e. The van der Waals surface area contributed by atoms with Crippen molar-refractivity contribution < 1.29 is 5.11 Å². The minimum Gasteiger partial charge on any atom is -0.393 e. The Bertz CT molecular complexity index is 997. The maximum atomic E-state index is 11.3.